The van der Waals surface area contributed by atoms with E-state index in [2.05, 4.69) is 0 Å². The van der Waals surface area contributed by atoms with Gasteiger partial charge in [0.2, 0.25) is 0 Å². The van der Waals surface area contributed by atoms with Gasteiger partial charge in [-0.05, 0) is 31.2 Å². The molecule has 72 valence electrons. The van der Waals surface area contributed by atoms with Crippen molar-refractivity contribution in [3.63, 3.8) is 0 Å². The van der Waals surface area contributed by atoms with Crippen molar-refractivity contribution < 1.29 is 9.90 Å². The van der Waals surface area contributed by atoms with Crippen LogP contribution in [0.5, 0.6) is 0 Å². The molecule has 1 aromatic carbocycles. The molecule has 1 rings (SSSR count). The number of hydrogen-bond acceptors (Lipinski definition) is 3. The van der Waals surface area contributed by atoms with E-state index >= 15 is 0 Å². The van der Waals surface area contributed by atoms with Crippen LogP contribution in [-0.2, 0) is 4.79 Å². The number of carbonyl (C=O) groups is 1. The van der Waals surface area contributed by atoms with E-state index in [-0.39, 0.29) is 0 Å². The molecular weight excluding hydrogens is 198 g/mol. The molecule has 0 aliphatic carbocycles. The van der Waals surface area contributed by atoms with Gasteiger partial charge in [0.25, 0.3) is 0 Å². The normalized spacial score (nSPS) is 11.7. The minimum atomic E-state index is -0.834. The summed E-state index contributed by atoms with van der Waals surface area (Å²) in [6.07, 6.45) is 0. The molecule has 0 aliphatic rings. The van der Waals surface area contributed by atoms with Crippen molar-refractivity contribution in [3.8, 4) is 6.07 Å². The van der Waals surface area contributed by atoms with E-state index in [4.69, 9.17) is 10.4 Å². The van der Waals surface area contributed by atoms with Crippen molar-refractivity contribution in [2.45, 2.75) is 17.1 Å². The van der Waals surface area contributed by atoms with E-state index in [0.29, 0.717) is 5.56 Å². The van der Waals surface area contributed by atoms with E-state index in [1.54, 1.807) is 31.2 Å². The highest BCUT2D eigenvalue weighted by Gasteiger charge is 2.11. The Kier molecular flexibility index (Phi) is 3.55. The van der Waals surface area contributed by atoms with Gasteiger partial charge >= 0.3 is 5.97 Å². The summed E-state index contributed by atoms with van der Waals surface area (Å²) in [6.45, 7) is 1.63. The standard InChI is InChI=1S/C10H9NO2S/c1-7(10(12)13)14-9-4-2-8(6-11)3-5-9/h2-5,7H,1H3,(H,12,13)/t7-/m1/s1. The summed E-state index contributed by atoms with van der Waals surface area (Å²) >= 11 is 1.26. The Bertz CT molecular complexity index is 367. The van der Waals surface area contributed by atoms with Crippen LogP contribution in [0.15, 0.2) is 29.2 Å². The number of nitrogens with zero attached hydrogens (tertiary/aromatic N) is 1. The van der Waals surface area contributed by atoms with E-state index in [9.17, 15) is 4.79 Å². The third-order valence-corrected chi connectivity index (χ3v) is 2.74. The van der Waals surface area contributed by atoms with Crippen LogP contribution in [0, 0.1) is 11.3 Å². The van der Waals surface area contributed by atoms with Crippen molar-refractivity contribution >= 4 is 17.7 Å². The van der Waals surface area contributed by atoms with Gasteiger partial charge in [-0.2, -0.15) is 5.26 Å². The zero-order valence-corrected chi connectivity index (χ0v) is 8.41. The summed E-state index contributed by atoms with van der Waals surface area (Å²) in [5.41, 5.74) is 0.581. The molecule has 0 spiro atoms. The summed E-state index contributed by atoms with van der Waals surface area (Å²) in [5.74, 6) is -0.834. The molecule has 0 fully saturated rings. The second-order valence-corrected chi connectivity index (χ2v) is 4.15. The van der Waals surface area contributed by atoms with Gasteiger partial charge < -0.3 is 5.11 Å². The fourth-order valence-electron chi connectivity index (χ4n) is 0.863. The van der Waals surface area contributed by atoms with Gasteiger partial charge in [-0.15, -0.1) is 11.8 Å². The van der Waals surface area contributed by atoms with Gasteiger partial charge in [-0.1, -0.05) is 0 Å². The average Bonchev–Trinajstić information content (AvgIpc) is 2.19. The maximum Gasteiger partial charge on any atom is 0.316 e. The van der Waals surface area contributed by atoms with Gasteiger partial charge in [0.1, 0.15) is 5.25 Å². The second-order valence-electron chi connectivity index (χ2n) is 2.73. The first-order valence-corrected chi connectivity index (χ1v) is 4.91. The predicted octanol–water partition coefficient (Wildman–Crippen LogP) is 2.12. The Hall–Kier alpha value is -1.47. The van der Waals surface area contributed by atoms with Gasteiger partial charge in [0.15, 0.2) is 0 Å². The molecule has 0 heterocycles. The summed E-state index contributed by atoms with van der Waals surface area (Å²) in [5, 5.41) is 16.7. The van der Waals surface area contributed by atoms with Gasteiger partial charge in [0.05, 0.1) is 11.6 Å². The highest BCUT2D eigenvalue weighted by Crippen LogP contribution is 2.23. The molecule has 0 aromatic heterocycles. The number of nitriles is 1. The van der Waals surface area contributed by atoms with Crippen molar-refractivity contribution in [3.05, 3.63) is 29.8 Å². The van der Waals surface area contributed by atoms with E-state index in [0.717, 1.165) is 4.90 Å². The number of carboxylic acids is 1. The van der Waals surface area contributed by atoms with E-state index < -0.39 is 11.2 Å². The first-order valence-electron chi connectivity index (χ1n) is 4.03. The zero-order valence-electron chi connectivity index (χ0n) is 7.60. The van der Waals surface area contributed by atoms with Gasteiger partial charge in [-0.25, -0.2) is 0 Å². The fraction of sp³-hybridized carbons (Fsp3) is 0.200. The Morgan fingerprint density at radius 1 is 1.50 bits per heavy atom. The highest BCUT2D eigenvalue weighted by atomic mass is 32.2. The number of aliphatic carboxylic acids is 1. The van der Waals surface area contributed by atoms with Crippen LogP contribution in [0.25, 0.3) is 0 Å². The largest absolute Gasteiger partial charge is 0.480 e. The lowest BCUT2D eigenvalue weighted by Gasteiger charge is -2.05. The van der Waals surface area contributed by atoms with Gasteiger partial charge in [-0.3, -0.25) is 4.79 Å². The first kappa shape index (κ1) is 10.6. The highest BCUT2D eigenvalue weighted by molar-refractivity contribution is 8.00. The van der Waals surface area contributed by atoms with Crippen LogP contribution in [0.2, 0.25) is 0 Å². The van der Waals surface area contributed by atoms with Crippen molar-refractivity contribution in [1.82, 2.24) is 0 Å². The summed E-state index contributed by atoms with van der Waals surface area (Å²) in [7, 11) is 0. The van der Waals surface area contributed by atoms with Crippen molar-refractivity contribution in [1.29, 1.82) is 5.26 Å². The van der Waals surface area contributed by atoms with Crippen molar-refractivity contribution in [2.24, 2.45) is 0 Å². The Morgan fingerprint density at radius 3 is 2.50 bits per heavy atom. The van der Waals surface area contributed by atoms with Crippen LogP contribution in [0.1, 0.15) is 12.5 Å². The van der Waals surface area contributed by atoms with E-state index in [1.807, 2.05) is 6.07 Å². The minimum absolute atomic E-state index is 0.470. The third-order valence-electron chi connectivity index (χ3n) is 1.64. The Morgan fingerprint density at radius 2 is 2.07 bits per heavy atom. The predicted molar refractivity (Wildman–Crippen MR) is 54.1 cm³/mol. The zero-order chi connectivity index (χ0) is 10.6. The van der Waals surface area contributed by atoms with Gasteiger partial charge in [0, 0.05) is 4.90 Å². The number of carboxylic acid groups (broad SMARTS) is 1. The Labute approximate surface area is 86.4 Å². The minimum Gasteiger partial charge on any atom is -0.480 e. The monoisotopic (exact) mass is 207 g/mol. The topological polar surface area (TPSA) is 61.1 Å². The van der Waals surface area contributed by atoms with Crippen LogP contribution >= 0.6 is 11.8 Å². The maximum absolute atomic E-state index is 10.6. The molecule has 1 atom stereocenters. The molecule has 0 radical (unpaired) electrons. The molecule has 1 aromatic rings. The lowest BCUT2D eigenvalue weighted by Crippen LogP contribution is -2.10. The SMILES string of the molecule is C[C@@H](Sc1ccc(C#N)cc1)C(=O)O. The van der Waals surface area contributed by atoms with E-state index in [1.165, 1.54) is 11.8 Å². The molecule has 4 heteroatoms. The van der Waals surface area contributed by atoms with Crippen LogP contribution < -0.4 is 0 Å². The quantitative estimate of drug-likeness (QED) is 0.771. The van der Waals surface area contributed by atoms with Crippen molar-refractivity contribution in [2.75, 3.05) is 0 Å². The first-order chi connectivity index (χ1) is 6.63. The molecule has 0 bridgehead atoms. The molecule has 0 amide bonds. The number of benzene rings is 1. The molecule has 3 nitrogen and oxygen atoms in total. The molecule has 0 aliphatic heterocycles. The average molecular weight is 207 g/mol. The number of hydrogen-bond donors (Lipinski definition) is 1. The second kappa shape index (κ2) is 4.68. The summed E-state index contributed by atoms with van der Waals surface area (Å²) in [4.78, 5) is 11.4. The summed E-state index contributed by atoms with van der Waals surface area (Å²) in [6, 6.07) is 8.86. The maximum atomic E-state index is 10.6. The molecular formula is C10H9NO2S. The molecule has 0 saturated heterocycles. The smallest absolute Gasteiger partial charge is 0.316 e. The van der Waals surface area contributed by atoms with Crippen LogP contribution in [0.3, 0.4) is 0 Å². The molecule has 1 N–H and O–H groups in total. The Balaban J connectivity index is 2.70. The lowest BCUT2D eigenvalue weighted by atomic mass is 10.2. The summed E-state index contributed by atoms with van der Waals surface area (Å²) < 4.78 is 0. The molecule has 14 heavy (non-hydrogen) atoms. The third kappa shape index (κ3) is 2.79. The molecule has 0 unspecified atom stereocenters. The van der Waals surface area contributed by atoms with Crippen LogP contribution in [-0.4, -0.2) is 16.3 Å². The lowest BCUT2D eigenvalue weighted by molar-refractivity contribution is -0.136. The fourth-order valence-corrected chi connectivity index (χ4v) is 1.66. The number of rotatable bonds is 3. The molecule has 0 saturated carbocycles. The number of thioether (sulfide) groups is 1. The van der Waals surface area contributed by atoms with Crippen LogP contribution in [0.4, 0.5) is 0 Å².